The summed E-state index contributed by atoms with van der Waals surface area (Å²) in [5, 5.41) is 0.380. The van der Waals surface area contributed by atoms with E-state index in [1.165, 1.54) is 12.1 Å². The summed E-state index contributed by atoms with van der Waals surface area (Å²) in [7, 11) is 1.55. The lowest BCUT2D eigenvalue weighted by molar-refractivity contribution is 0.243. The van der Waals surface area contributed by atoms with Crippen molar-refractivity contribution in [3.05, 3.63) is 34.4 Å². The van der Waals surface area contributed by atoms with Crippen molar-refractivity contribution in [1.82, 2.24) is 4.57 Å². The lowest BCUT2D eigenvalue weighted by Crippen LogP contribution is -2.52. The molecule has 2 fully saturated rings. The van der Waals surface area contributed by atoms with Crippen LogP contribution < -0.4 is 20.8 Å². The van der Waals surface area contributed by atoms with Gasteiger partial charge in [0.2, 0.25) is 0 Å². The Bertz CT molecular complexity index is 917. The standard InChI is InChI=1S/C20H26FN3O2/c1-20(2)11-23(8-7-16(20)22)18-14(21)10-13-15(25)6-9-24(12-4-5-12)17(13)19(18)26-3/h6,9-10,12,16H,4-5,7-8,11,22H2,1-3H3/t16-/m1/s1. The molecule has 2 N–H and O–H groups in total. The van der Waals surface area contributed by atoms with E-state index in [9.17, 15) is 4.79 Å². The van der Waals surface area contributed by atoms with E-state index in [1.54, 1.807) is 7.11 Å². The molecular formula is C20H26FN3O2. The van der Waals surface area contributed by atoms with E-state index in [1.807, 2.05) is 11.1 Å². The number of methoxy groups -OCH3 is 1. The monoisotopic (exact) mass is 359 g/mol. The number of ether oxygens (including phenoxy) is 1. The van der Waals surface area contributed by atoms with Crippen LogP contribution in [0, 0.1) is 11.2 Å². The van der Waals surface area contributed by atoms with Gasteiger partial charge in [-0.1, -0.05) is 13.8 Å². The number of anilines is 1. The maximum atomic E-state index is 15.1. The molecule has 5 nitrogen and oxygen atoms in total. The second kappa shape index (κ2) is 5.98. The van der Waals surface area contributed by atoms with Crippen LogP contribution in [0.2, 0.25) is 0 Å². The number of fused-ring (bicyclic) bond motifs is 1. The highest BCUT2D eigenvalue weighted by atomic mass is 19.1. The fraction of sp³-hybridized carbons (Fsp3) is 0.550. The van der Waals surface area contributed by atoms with E-state index in [0.29, 0.717) is 41.5 Å². The van der Waals surface area contributed by atoms with Gasteiger partial charge in [0.05, 0.1) is 18.0 Å². The highest BCUT2D eigenvalue weighted by Gasteiger charge is 2.36. The molecule has 6 heteroatoms. The quantitative estimate of drug-likeness (QED) is 0.915. The Morgan fingerprint density at radius 2 is 2.04 bits per heavy atom. The summed E-state index contributed by atoms with van der Waals surface area (Å²) in [6, 6.07) is 3.33. The van der Waals surface area contributed by atoms with Crippen LogP contribution in [0.25, 0.3) is 10.9 Å². The Morgan fingerprint density at radius 1 is 1.31 bits per heavy atom. The molecule has 26 heavy (non-hydrogen) atoms. The van der Waals surface area contributed by atoms with Gasteiger partial charge in [-0.15, -0.1) is 0 Å². The highest BCUT2D eigenvalue weighted by molar-refractivity contribution is 5.91. The Morgan fingerprint density at radius 3 is 2.65 bits per heavy atom. The molecule has 0 unspecified atom stereocenters. The summed E-state index contributed by atoms with van der Waals surface area (Å²) in [6.45, 7) is 5.53. The van der Waals surface area contributed by atoms with Gasteiger partial charge in [-0.3, -0.25) is 4.79 Å². The number of halogens is 1. The molecule has 2 aromatic rings. The first-order chi connectivity index (χ1) is 12.3. The van der Waals surface area contributed by atoms with Crippen LogP contribution in [-0.2, 0) is 0 Å². The number of benzene rings is 1. The second-order valence-corrected chi connectivity index (χ2v) is 8.26. The van der Waals surface area contributed by atoms with Gasteiger partial charge in [0.1, 0.15) is 5.69 Å². The summed E-state index contributed by atoms with van der Waals surface area (Å²) in [6.07, 6.45) is 4.74. The van der Waals surface area contributed by atoms with E-state index >= 15 is 4.39 Å². The van der Waals surface area contributed by atoms with Crippen LogP contribution in [0.1, 0.15) is 39.2 Å². The Hall–Kier alpha value is -2.08. The van der Waals surface area contributed by atoms with Crippen molar-refractivity contribution in [1.29, 1.82) is 0 Å². The van der Waals surface area contributed by atoms with Crippen molar-refractivity contribution in [2.75, 3.05) is 25.1 Å². The zero-order valence-electron chi connectivity index (χ0n) is 15.6. The number of hydrogen-bond acceptors (Lipinski definition) is 4. The molecule has 0 radical (unpaired) electrons. The van der Waals surface area contributed by atoms with Gasteiger partial charge >= 0.3 is 0 Å². The molecule has 140 valence electrons. The van der Waals surface area contributed by atoms with Gasteiger partial charge in [-0.2, -0.15) is 0 Å². The first-order valence-corrected chi connectivity index (χ1v) is 9.25. The third kappa shape index (κ3) is 2.67. The number of aromatic nitrogens is 1. The largest absolute Gasteiger partial charge is 0.492 e. The van der Waals surface area contributed by atoms with E-state index in [2.05, 4.69) is 18.4 Å². The third-order valence-corrected chi connectivity index (χ3v) is 5.87. The summed E-state index contributed by atoms with van der Waals surface area (Å²) in [5.74, 6) is 0.0436. The normalized spacial score (nSPS) is 22.7. The molecule has 1 aliphatic carbocycles. The zero-order chi connectivity index (χ0) is 18.6. The van der Waals surface area contributed by atoms with E-state index in [4.69, 9.17) is 10.5 Å². The molecule has 2 heterocycles. The second-order valence-electron chi connectivity index (χ2n) is 8.26. The van der Waals surface area contributed by atoms with Crippen LogP contribution in [0.5, 0.6) is 5.75 Å². The fourth-order valence-electron chi connectivity index (χ4n) is 4.07. The van der Waals surface area contributed by atoms with Crippen LogP contribution in [-0.4, -0.2) is 30.8 Å². The number of rotatable bonds is 3. The number of nitrogens with two attached hydrogens (primary N) is 1. The van der Waals surface area contributed by atoms with Crippen LogP contribution >= 0.6 is 0 Å². The van der Waals surface area contributed by atoms with E-state index < -0.39 is 5.82 Å². The molecule has 0 spiro atoms. The topological polar surface area (TPSA) is 60.5 Å². The first-order valence-electron chi connectivity index (χ1n) is 9.25. The highest BCUT2D eigenvalue weighted by Crippen LogP contribution is 2.44. The van der Waals surface area contributed by atoms with Gasteiger partial charge in [-0.05, 0) is 30.7 Å². The molecule has 4 rings (SSSR count). The minimum Gasteiger partial charge on any atom is -0.492 e. The van der Waals surface area contributed by atoms with Gasteiger partial charge in [0.25, 0.3) is 0 Å². The van der Waals surface area contributed by atoms with Crippen molar-refractivity contribution in [3.8, 4) is 5.75 Å². The predicted octanol–water partition coefficient (Wildman–Crippen LogP) is 3.05. The van der Waals surface area contributed by atoms with Gasteiger partial charge in [0.15, 0.2) is 17.0 Å². The number of hydrogen-bond donors (Lipinski definition) is 1. The molecule has 1 aromatic heterocycles. The van der Waals surface area contributed by atoms with Crippen molar-refractivity contribution in [2.45, 2.75) is 45.2 Å². The Kier molecular flexibility index (Phi) is 3.99. The van der Waals surface area contributed by atoms with Crippen LogP contribution in [0.3, 0.4) is 0 Å². The summed E-state index contributed by atoms with van der Waals surface area (Å²) in [4.78, 5) is 14.4. The Labute approximate surface area is 152 Å². The maximum Gasteiger partial charge on any atom is 0.189 e. The molecule has 1 saturated carbocycles. The molecule has 0 amide bonds. The molecular weight excluding hydrogens is 333 g/mol. The first kappa shape index (κ1) is 17.3. The molecule has 2 aliphatic rings. The zero-order valence-corrected chi connectivity index (χ0v) is 15.6. The molecule has 1 aromatic carbocycles. The van der Waals surface area contributed by atoms with Crippen molar-refractivity contribution in [3.63, 3.8) is 0 Å². The average Bonchev–Trinajstić information content (AvgIpc) is 3.42. The SMILES string of the molecule is COc1c(N2CC[C@@H](N)C(C)(C)C2)c(F)cc2c(=O)ccn(C3CC3)c12. The lowest BCUT2D eigenvalue weighted by Gasteiger charge is -2.44. The smallest absolute Gasteiger partial charge is 0.189 e. The third-order valence-electron chi connectivity index (χ3n) is 5.87. The molecule has 1 aliphatic heterocycles. The Balaban J connectivity index is 1.94. The number of piperidine rings is 1. The van der Waals surface area contributed by atoms with Gasteiger partial charge < -0.3 is 19.9 Å². The summed E-state index contributed by atoms with van der Waals surface area (Å²) >= 11 is 0. The van der Waals surface area contributed by atoms with Crippen molar-refractivity contribution < 1.29 is 9.13 Å². The number of nitrogens with zero attached hydrogens (tertiary/aromatic N) is 2. The van der Waals surface area contributed by atoms with Crippen LogP contribution in [0.15, 0.2) is 23.1 Å². The van der Waals surface area contributed by atoms with Gasteiger partial charge in [-0.25, -0.2) is 4.39 Å². The lowest BCUT2D eigenvalue weighted by atomic mass is 9.79. The molecule has 1 saturated heterocycles. The minimum atomic E-state index is -0.411. The summed E-state index contributed by atoms with van der Waals surface area (Å²) < 4.78 is 22.9. The van der Waals surface area contributed by atoms with Crippen molar-refractivity contribution in [2.24, 2.45) is 11.1 Å². The van der Waals surface area contributed by atoms with Gasteiger partial charge in [0, 0.05) is 37.4 Å². The summed E-state index contributed by atoms with van der Waals surface area (Å²) in [5.41, 5.74) is 7.09. The van der Waals surface area contributed by atoms with Crippen molar-refractivity contribution >= 4 is 16.6 Å². The number of pyridine rings is 1. The minimum absolute atomic E-state index is 0.0814. The molecule has 1 atom stereocenters. The predicted molar refractivity (Wildman–Crippen MR) is 102 cm³/mol. The average molecular weight is 359 g/mol. The maximum absolute atomic E-state index is 15.1. The van der Waals surface area contributed by atoms with E-state index in [-0.39, 0.29) is 16.9 Å². The van der Waals surface area contributed by atoms with E-state index in [0.717, 1.165) is 19.3 Å². The fourth-order valence-corrected chi connectivity index (χ4v) is 4.07. The molecule has 0 bridgehead atoms. The van der Waals surface area contributed by atoms with Crippen LogP contribution in [0.4, 0.5) is 10.1 Å².